The quantitative estimate of drug-likeness (QED) is 0.687. The van der Waals surface area contributed by atoms with Gasteiger partial charge in [-0.3, -0.25) is 0 Å². The molecule has 0 saturated heterocycles. The predicted molar refractivity (Wildman–Crippen MR) is 55.7 cm³/mol. The summed E-state index contributed by atoms with van der Waals surface area (Å²) in [5.41, 5.74) is 2.31. The summed E-state index contributed by atoms with van der Waals surface area (Å²) in [6.07, 6.45) is 1.56. The molecular formula is C12H16O. The normalized spacial score (nSPS) is 15.1. The second-order valence-corrected chi connectivity index (χ2v) is 3.73. The fourth-order valence-corrected chi connectivity index (χ4v) is 1.38. The lowest BCUT2D eigenvalue weighted by atomic mass is 9.93. The van der Waals surface area contributed by atoms with Crippen molar-refractivity contribution in [3.8, 4) is 0 Å². The molecule has 13 heavy (non-hydrogen) atoms. The molecule has 1 atom stereocenters. The Labute approximate surface area is 79.7 Å². The minimum absolute atomic E-state index is 0.903. The predicted octanol–water partition coefficient (Wildman–Crippen LogP) is 2.70. The molecule has 0 aromatic heterocycles. The zero-order valence-electron chi connectivity index (χ0n) is 8.46. The van der Waals surface area contributed by atoms with Gasteiger partial charge in [0.2, 0.25) is 0 Å². The summed E-state index contributed by atoms with van der Waals surface area (Å²) in [4.78, 5) is 0. The average Bonchev–Trinajstić information content (AvgIpc) is 2.02. The maximum Gasteiger partial charge on any atom is 0.105 e. The third-order valence-corrected chi connectivity index (χ3v) is 2.20. The van der Waals surface area contributed by atoms with Gasteiger partial charge in [-0.1, -0.05) is 42.0 Å². The third kappa shape index (κ3) is 2.19. The van der Waals surface area contributed by atoms with Crippen LogP contribution >= 0.6 is 0 Å². The molecule has 1 N–H and O–H groups in total. The minimum atomic E-state index is -0.920. The van der Waals surface area contributed by atoms with E-state index in [1.165, 1.54) is 0 Å². The molecule has 0 bridgehead atoms. The van der Waals surface area contributed by atoms with Crippen molar-refractivity contribution in [2.45, 2.75) is 26.4 Å². The standard InChI is InChI=1S/C12H16O/c1-5-12(4,13)11-7-9(2)6-10(3)8-11/h5-8,13H,1H2,2-4H3. The molecular weight excluding hydrogens is 160 g/mol. The van der Waals surface area contributed by atoms with Crippen LogP contribution in [0.25, 0.3) is 0 Å². The summed E-state index contributed by atoms with van der Waals surface area (Å²) in [6, 6.07) is 6.05. The smallest absolute Gasteiger partial charge is 0.105 e. The largest absolute Gasteiger partial charge is 0.381 e. The van der Waals surface area contributed by atoms with Crippen LogP contribution in [0.4, 0.5) is 0 Å². The van der Waals surface area contributed by atoms with Gasteiger partial charge in [-0.15, -0.1) is 0 Å². The lowest BCUT2D eigenvalue weighted by Gasteiger charge is -2.20. The molecule has 0 spiro atoms. The van der Waals surface area contributed by atoms with E-state index in [2.05, 4.69) is 12.6 Å². The highest BCUT2D eigenvalue weighted by Gasteiger charge is 2.18. The van der Waals surface area contributed by atoms with Crippen LogP contribution in [0.5, 0.6) is 0 Å². The van der Waals surface area contributed by atoms with E-state index >= 15 is 0 Å². The van der Waals surface area contributed by atoms with E-state index in [9.17, 15) is 5.11 Å². The number of hydrogen-bond donors (Lipinski definition) is 1. The Bertz CT molecular complexity index is 304. The maximum atomic E-state index is 9.93. The van der Waals surface area contributed by atoms with Gasteiger partial charge in [0, 0.05) is 0 Å². The summed E-state index contributed by atoms with van der Waals surface area (Å²) in [6.45, 7) is 9.41. The Balaban J connectivity index is 3.22. The molecule has 0 aliphatic heterocycles. The summed E-state index contributed by atoms with van der Waals surface area (Å²) < 4.78 is 0. The van der Waals surface area contributed by atoms with Crippen LogP contribution in [-0.4, -0.2) is 5.11 Å². The Morgan fingerprint density at radius 1 is 1.23 bits per heavy atom. The molecule has 0 radical (unpaired) electrons. The molecule has 0 aliphatic rings. The van der Waals surface area contributed by atoms with Gasteiger partial charge in [0.15, 0.2) is 0 Å². The molecule has 0 amide bonds. The molecule has 0 aliphatic carbocycles. The van der Waals surface area contributed by atoms with Crippen LogP contribution in [-0.2, 0) is 5.60 Å². The average molecular weight is 176 g/mol. The van der Waals surface area contributed by atoms with Crippen molar-refractivity contribution in [1.29, 1.82) is 0 Å². The van der Waals surface area contributed by atoms with E-state index in [1.807, 2.05) is 26.0 Å². The maximum absolute atomic E-state index is 9.93. The van der Waals surface area contributed by atoms with Gasteiger partial charge in [0.05, 0.1) is 0 Å². The van der Waals surface area contributed by atoms with Crippen LogP contribution in [0.2, 0.25) is 0 Å². The van der Waals surface area contributed by atoms with E-state index in [1.54, 1.807) is 13.0 Å². The second-order valence-electron chi connectivity index (χ2n) is 3.73. The molecule has 1 aromatic carbocycles. The first-order valence-electron chi connectivity index (χ1n) is 4.40. The summed E-state index contributed by atoms with van der Waals surface area (Å²) >= 11 is 0. The van der Waals surface area contributed by atoms with E-state index in [0.29, 0.717) is 0 Å². The highest BCUT2D eigenvalue weighted by molar-refractivity contribution is 5.34. The number of rotatable bonds is 2. The first-order chi connectivity index (χ1) is 5.95. The molecule has 1 heteroatoms. The molecule has 1 aromatic rings. The van der Waals surface area contributed by atoms with Gasteiger partial charge >= 0.3 is 0 Å². The monoisotopic (exact) mass is 176 g/mol. The van der Waals surface area contributed by atoms with Gasteiger partial charge in [-0.05, 0) is 26.3 Å². The van der Waals surface area contributed by atoms with Gasteiger partial charge in [-0.2, -0.15) is 0 Å². The van der Waals surface area contributed by atoms with Crippen LogP contribution in [0.15, 0.2) is 30.9 Å². The highest BCUT2D eigenvalue weighted by Crippen LogP contribution is 2.23. The molecule has 70 valence electrons. The number of hydrogen-bond acceptors (Lipinski definition) is 1. The van der Waals surface area contributed by atoms with Crippen molar-refractivity contribution in [3.05, 3.63) is 47.5 Å². The van der Waals surface area contributed by atoms with Crippen molar-refractivity contribution in [2.75, 3.05) is 0 Å². The van der Waals surface area contributed by atoms with Crippen molar-refractivity contribution < 1.29 is 5.11 Å². The minimum Gasteiger partial charge on any atom is -0.381 e. The number of aryl methyl sites for hydroxylation is 2. The first-order valence-corrected chi connectivity index (χ1v) is 4.40. The first kappa shape index (κ1) is 10.0. The molecule has 1 unspecified atom stereocenters. The number of benzene rings is 1. The summed E-state index contributed by atoms with van der Waals surface area (Å²) in [7, 11) is 0. The van der Waals surface area contributed by atoms with Crippen LogP contribution in [0.1, 0.15) is 23.6 Å². The zero-order valence-corrected chi connectivity index (χ0v) is 8.46. The zero-order chi connectivity index (χ0) is 10.1. The van der Waals surface area contributed by atoms with Crippen molar-refractivity contribution >= 4 is 0 Å². The van der Waals surface area contributed by atoms with Crippen LogP contribution in [0.3, 0.4) is 0 Å². The van der Waals surface area contributed by atoms with Gasteiger partial charge in [0.25, 0.3) is 0 Å². The molecule has 0 saturated carbocycles. The van der Waals surface area contributed by atoms with E-state index in [-0.39, 0.29) is 0 Å². The van der Waals surface area contributed by atoms with Gasteiger partial charge in [0.1, 0.15) is 5.60 Å². The van der Waals surface area contributed by atoms with E-state index in [4.69, 9.17) is 0 Å². The SMILES string of the molecule is C=CC(C)(O)c1cc(C)cc(C)c1. The van der Waals surface area contributed by atoms with Crippen LogP contribution < -0.4 is 0 Å². The van der Waals surface area contributed by atoms with Crippen molar-refractivity contribution in [3.63, 3.8) is 0 Å². The van der Waals surface area contributed by atoms with E-state index in [0.717, 1.165) is 16.7 Å². The fraction of sp³-hybridized carbons (Fsp3) is 0.333. The molecule has 1 nitrogen and oxygen atoms in total. The lowest BCUT2D eigenvalue weighted by Crippen LogP contribution is -2.17. The Kier molecular flexibility index (Phi) is 2.58. The Morgan fingerprint density at radius 2 is 1.69 bits per heavy atom. The second kappa shape index (κ2) is 3.35. The Morgan fingerprint density at radius 3 is 2.08 bits per heavy atom. The Hall–Kier alpha value is -1.08. The van der Waals surface area contributed by atoms with Crippen molar-refractivity contribution in [1.82, 2.24) is 0 Å². The molecule has 0 fully saturated rings. The summed E-state index contributed by atoms with van der Waals surface area (Å²) in [5.74, 6) is 0. The van der Waals surface area contributed by atoms with Gasteiger partial charge < -0.3 is 5.11 Å². The third-order valence-electron chi connectivity index (χ3n) is 2.20. The summed E-state index contributed by atoms with van der Waals surface area (Å²) in [5, 5.41) is 9.93. The number of aliphatic hydroxyl groups is 1. The topological polar surface area (TPSA) is 20.2 Å². The van der Waals surface area contributed by atoms with Gasteiger partial charge in [-0.25, -0.2) is 0 Å². The lowest BCUT2D eigenvalue weighted by molar-refractivity contribution is 0.111. The van der Waals surface area contributed by atoms with E-state index < -0.39 is 5.60 Å². The molecule has 0 heterocycles. The fourth-order valence-electron chi connectivity index (χ4n) is 1.38. The molecule has 1 rings (SSSR count). The highest BCUT2D eigenvalue weighted by atomic mass is 16.3. The van der Waals surface area contributed by atoms with Crippen molar-refractivity contribution in [2.24, 2.45) is 0 Å². The van der Waals surface area contributed by atoms with Crippen LogP contribution in [0, 0.1) is 13.8 Å².